The highest BCUT2D eigenvalue weighted by atomic mass is 31.2. The van der Waals surface area contributed by atoms with Crippen LogP contribution < -0.4 is 0 Å². The predicted molar refractivity (Wildman–Crippen MR) is 28.4 cm³/mol. The molecular formula is C3H3O8P. The third kappa shape index (κ3) is 0.650. The first kappa shape index (κ1) is 8.11. The first-order valence-electron chi connectivity index (χ1n) is 2.72. The van der Waals surface area contributed by atoms with E-state index in [4.69, 9.17) is 15.3 Å². The topological polar surface area (TPSA) is 123 Å². The molecule has 0 saturated carbocycles. The van der Waals surface area contributed by atoms with Crippen LogP contribution in [-0.2, 0) is 22.9 Å². The van der Waals surface area contributed by atoms with E-state index in [1.807, 2.05) is 0 Å². The summed E-state index contributed by atoms with van der Waals surface area (Å²) in [5.41, 5.74) is 0. The van der Waals surface area contributed by atoms with Gasteiger partial charge in [-0.25, -0.2) is 22.9 Å². The van der Waals surface area contributed by atoms with Crippen LogP contribution in [0.2, 0.25) is 0 Å². The molecule has 3 fully saturated rings. The standard InChI is InChI=1S/C3H3O8P/c4-1(5)2(6)3(7)10-12(8,9-2)11-3/h6-7H,(H,4,5). The Morgan fingerprint density at radius 2 is 1.75 bits per heavy atom. The van der Waals surface area contributed by atoms with Gasteiger partial charge in [0.25, 0.3) is 0 Å². The number of hydrogen-bond acceptors (Lipinski definition) is 7. The summed E-state index contributed by atoms with van der Waals surface area (Å²) < 4.78 is 22.8. The Balaban J connectivity index is 2.43. The minimum atomic E-state index is -4.02. The third-order valence-electron chi connectivity index (χ3n) is 1.43. The van der Waals surface area contributed by atoms with Crippen molar-refractivity contribution in [2.45, 2.75) is 11.8 Å². The van der Waals surface area contributed by atoms with Gasteiger partial charge in [0, 0.05) is 0 Å². The molecule has 0 aromatic heterocycles. The van der Waals surface area contributed by atoms with Crippen molar-refractivity contribution in [2.75, 3.05) is 0 Å². The van der Waals surface area contributed by atoms with Gasteiger partial charge < -0.3 is 15.3 Å². The van der Waals surface area contributed by atoms with Gasteiger partial charge in [-0.2, -0.15) is 0 Å². The first-order chi connectivity index (χ1) is 5.31. The number of fused-ring (bicyclic) bond motifs is 1. The van der Waals surface area contributed by atoms with Crippen LogP contribution in [-0.4, -0.2) is 33.0 Å². The molecule has 3 saturated heterocycles. The molecule has 3 aliphatic heterocycles. The van der Waals surface area contributed by atoms with Crippen molar-refractivity contribution in [1.82, 2.24) is 0 Å². The molecule has 3 N–H and O–H groups in total. The normalized spacial score (nSPS) is 56.5. The molecule has 3 heterocycles. The van der Waals surface area contributed by atoms with Gasteiger partial charge in [-0.15, -0.1) is 0 Å². The van der Waals surface area contributed by atoms with Gasteiger partial charge in [0.2, 0.25) is 0 Å². The summed E-state index contributed by atoms with van der Waals surface area (Å²) in [4.78, 5) is 10.3. The van der Waals surface area contributed by atoms with E-state index in [0.717, 1.165) is 0 Å². The molecule has 1 unspecified atom stereocenters. The van der Waals surface area contributed by atoms with Crippen molar-refractivity contribution >= 4 is 13.8 Å². The second kappa shape index (κ2) is 1.72. The number of rotatable bonds is 1. The summed E-state index contributed by atoms with van der Waals surface area (Å²) in [6.45, 7) is 0. The molecule has 0 spiro atoms. The van der Waals surface area contributed by atoms with E-state index in [-0.39, 0.29) is 0 Å². The van der Waals surface area contributed by atoms with Gasteiger partial charge in [0.05, 0.1) is 0 Å². The Morgan fingerprint density at radius 3 is 1.92 bits per heavy atom. The number of aliphatic hydroxyl groups is 2. The average Bonchev–Trinajstić information content (AvgIpc) is 2.11. The van der Waals surface area contributed by atoms with E-state index in [0.29, 0.717) is 0 Å². The van der Waals surface area contributed by atoms with Gasteiger partial charge in [0.15, 0.2) is 0 Å². The zero-order valence-corrected chi connectivity index (χ0v) is 6.22. The molecule has 9 heteroatoms. The van der Waals surface area contributed by atoms with Gasteiger partial charge in [-0.05, 0) is 0 Å². The highest BCUT2D eigenvalue weighted by Gasteiger charge is 2.83. The van der Waals surface area contributed by atoms with Crippen LogP contribution in [0.15, 0.2) is 0 Å². The fourth-order valence-corrected chi connectivity index (χ4v) is 2.32. The van der Waals surface area contributed by atoms with E-state index < -0.39 is 25.6 Å². The van der Waals surface area contributed by atoms with E-state index >= 15 is 0 Å². The fraction of sp³-hybridized carbons (Fsp3) is 0.667. The van der Waals surface area contributed by atoms with Gasteiger partial charge >= 0.3 is 25.6 Å². The highest BCUT2D eigenvalue weighted by molar-refractivity contribution is 7.50. The molecule has 3 rings (SSSR count). The molecule has 0 aromatic rings. The number of phosphoric acid groups is 1. The Morgan fingerprint density at radius 1 is 1.25 bits per heavy atom. The minimum Gasteiger partial charge on any atom is -0.477 e. The molecule has 0 radical (unpaired) electrons. The van der Waals surface area contributed by atoms with Crippen LogP contribution in [0, 0.1) is 0 Å². The number of carbonyl (C=O) groups is 1. The maximum Gasteiger partial charge on any atom is 0.487 e. The monoisotopic (exact) mass is 198 g/mol. The number of phosphoric ester groups is 1. The van der Waals surface area contributed by atoms with Gasteiger partial charge in [0.1, 0.15) is 0 Å². The smallest absolute Gasteiger partial charge is 0.477 e. The summed E-state index contributed by atoms with van der Waals surface area (Å²) in [7, 11) is -4.02. The lowest BCUT2D eigenvalue weighted by Gasteiger charge is -2.30. The molecule has 68 valence electrons. The molecular weight excluding hydrogens is 195 g/mol. The lowest BCUT2D eigenvalue weighted by molar-refractivity contribution is -0.383. The van der Waals surface area contributed by atoms with Gasteiger partial charge in [-0.3, -0.25) is 0 Å². The van der Waals surface area contributed by atoms with Crippen molar-refractivity contribution in [2.24, 2.45) is 0 Å². The van der Waals surface area contributed by atoms with Crippen molar-refractivity contribution in [3.05, 3.63) is 0 Å². The minimum absolute atomic E-state index is 1.94. The maximum atomic E-state index is 10.8. The quantitative estimate of drug-likeness (QED) is 0.439. The Labute approximate surface area is 64.9 Å². The van der Waals surface area contributed by atoms with Crippen molar-refractivity contribution in [1.29, 1.82) is 0 Å². The lowest BCUT2D eigenvalue weighted by Crippen LogP contribution is -2.58. The first-order valence-corrected chi connectivity index (χ1v) is 4.18. The number of carboxylic acids is 1. The number of carboxylic acid groups (broad SMARTS) is 1. The Bertz CT molecular complexity index is 299. The van der Waals surface area contributed by atoms with Crippen LogP contribution >= 0.6 is 7.82 Å². The molecule has 0 aliphatic carbocycles. The lowest BCUT2D eigenvalue weighted by atomic mass is 10.2. The van der Waals surface area contributed by atoms with Gasteiger partial charge in [-0.1, -0.05) is 0 Å². The summed E-state index contributed by atoms with van der Waals surface area (Å²) in [5.74, 6) is -7.91. The molecule has 0 aromatic carbocycles. The van der Waals surface area contributed by atoms with Crippen LogP contribution in [0.1, 0.15) is 0 Å². The Hall–Kier alpha value is -0.500. The summed E-state index contributed by atoms with van der Waals surface area (Å²) >= 11 is 0. The second-order valence-corrected chi connectivity index (χ2v) is 3.69. The van der Waals surface area contributed by atoms with E-state index in [1.165, 1.54) is 0 Å². The predicted octanol–water partition coefficient (Wildman–Crippen LogP) is -1.41. The van der Waals surface area contributed by atoms with Crippen LogP contribution in [0.4, 0.5) is 0 Å². The van der Waals surface area contributed by atoms with Crippen molar-refractivity contribution in [3.8, 4) is 0 Å². The maximum absolute atomic E-state index is 10.8. The molecule has 0 amide bonds. The molecule has 2 bridgehead atoms. The van der Waals surface area contributed by atoms with E-state index in [9.17, 15) is 9.36 Å². The molecule has 12 heavy (non-hydrogen) atoms. The Kier molecular flexibility index (Phi) is 1.16. The zero-order chi connectivity index (χ0) is 9.20. The third-order valence-corrected chi connectivity index (χ3v) is 2.86. The summed E-state index contributed by atoms with van der Waals surface area (Å²) in [5, 5.41) is 26.3. The summed E-state index contributed by atoms with van der Waals surface area (Å²) in [6.07, 6.45) is 0. The fourth-order valence-electron chi connectivity index (χ4n) is 0.865. The van der Waals surface area contributed by atoms with Crippen molar-refractivity contribution < 1.29 is 38.3 Å². The van der Waals surface area contributed by atoms with Crippen LogP contribution in [0.3, 0.4) is 0 Å². The SMILES string of the molecule is O=C(O)C1(O)OP2(=O)OC1(O)O2. The van der Waals surface area contributed by atoms with Crippen molar-refractivity contribution in [3.63, 3.8) is 0 Å². The van der Waals surface area contributed by atoms with Crippen LogP contribution in [0.5, 0.6) is 0 Å². The average molecular weight is 198 g/mol. The molecule has 8 nitrogen and oxygen atoms in total. The van der Waals surface area contributed by atoms with E-state index in [1.54, 1.807) is 0 Å². The molecule has 3 aliphatic rings. The summed E-state index contributed by atoms with van der Waals surface area (Å²) in [6, 6.07) is 0. The molecule has 1 atom stereocenters. The second-order valence-electron chi connectivity index (χ2n) is 2.25. The van der Waals surface area contributed by atoms with E-state index in [2.05, 4.69) is 13.6 Å². The number of hydrogen-bond donors (Lipinski definition) is 3. The number of aliphatic carboxylic acids is 1. The van der Waals surface area contributed by atoms with Crippen LogP contribution in [0.25, 0.3) is 0 Å². The highest BCUT2D eigenvalue weighted by Crippen LogP contribution is 2.76. The largest absolute Gasteiger partial charge is 0.487 e. The zero-order valence-electron chi connectivity index (χ0n) is 5.33.